The summed E-state index contributed by atoms with van der Waals surface area (Å²) in [5, 5.41) is 18.3. The van der Waals surface area contributed by atoms with Crippen molar-refractivity contribution in [2.24, 2.45) is 0 Å². The van der Waals surface area contributed by atoms with Gasteiger partial charge < -0.3 is 19.7 Å². The van der Waals surface area contributed by atoms with Crippen LogP contribution in [0, 0.1) is 0 Å². The fourth-order valence-electron chi connectivity index (χ4n) is 1.17. The molecule has 1 rings (SSSR count). The van der Waals surface area contributed by atoms with Gasteiger partial charge in [-0.25, -0.2) is 0 Å². The minimum atomic E-state index is -1.45. The van der Waals surface area contributed by atoms with Gasteiger partial charge in [0.15, 0.2) is 11.9 Å². The number of hydrogen-bond acceptors (Lipinski definition) is 6. The Bertz CT molecular complexity index is 251. The van der Waals surface area contributed by atoms with Gasteiger partial charge in [-0.15, -0.1) is 0 Å². The van der Waals surface area contributed by atoms with E-state index in [0.717, 1.165) is 0 Å². The van der Waals surface area contributed by atoms with Crippen LogP contribution in [0.4, 0.5) is 0 Å². The predicted octanol–water partition coefficient (Wildman–Crippen LogP) is -1.37. The average molecular weight is 218 g/mol. The summed E-state index contributed by atoms with van der Waals surface area (Å²) in [6, 6.07) is 0. The minimum absolute atomic E-state index is 0.138. The first kappa shape index (κ1) is 12.1. The van der Waals surface area contributed by atoms with Crippen molar-refractivity contribution in [3.8, 4) is 0 Å². The second-order valence-electron chi connectivity index (χ2n) is 3.27. The van der Waals surface area contributed by atoms with Crippen LogP contribution in [0.3, 0.4) is 0 Å². The molecule has 0 aromatic carbocycles. The number of ether oxygens (including phenoxy) is 2. The summed E-state index contributed by atoms with van der Waals surface area (Å²) in [7, 11) is 0. The third-order valence-electron chi connectivity index (χ3n) is 2.13. The van der Waals surface area contributed by atoms with Crippen molar-refractivity contribution in [1.82, 2.24) is 0 Å². The van der Waals surface area contributed by atoms with E-state index in [-0.39, 0.29) is 19.6 Å². The molecule has 1 aliphatic heterocycles. The normalized spacial score (nSPS) is 31.4. The molecule has 1 saturated heterocycles. The van der Waals surface area contributed by atoms with E-state index in [2.05, 4.69) is 0 Å². The third-order valence-corrected chi connectivity index (χ3v) is 2.13. The van der Waals surface area contributed by atoms with Crippen LogP contribution >= 0.6 is 0 Å². The Labute approximate surface area is 86.8 Å². The van der Waals surface area contributed by atoms with E-state index in [0.29, 0.717) is 0 Å². The zero-order valence-corrected chi connectivity index (χ0v) is 8.38. The summed E-state index contributed by atoms with van der Waals surface area (Å²) in [6.45, 7) is 1.28. The van der Waals surface area contributed by atoms with E-state index in [1.807, 2.05) is 0 Å². The van der Waals surface area contributed by atoms with Crippen molar-refractivity contribution >= 4 is 11.8 Å². The smallest absolute Gasteiger partial charge is 0.305 e. The van der Waals surface area contributed by atoms with Gasteiger partial charge in [-0.2, -0.15) is 0 Å². The molecule has 0 radical (unpaired) electrons. The average Bonchev–Trinajstić information content (AvgIpc) is 2.24. The maximum absolute atomic E-state index is 11.3. The molecule has 0 aliphatic carbocycles. The molecule has 0 aromatic heterocycles. The molecule has 15 heavy (non-hydrogen) atoms. The molecular formula is C9H14O6. The Hall–Kier alpha value is -0.980. The standard InChI is InChI=1S/C9H14O6/c1-2-7(11)15-4-6-9(13)8(12)5(10)3-14-6/h5-6,8,10,12H,2-4H2,1H3. The van der Waals surface area contributed by atoms with Crippen molar-refractivity contribution in [2.75, 3.05) is 13.2 Å². The van der Waals surface area contributed by atoms with Crippen molar-refractivity contribution < 1.29 is 29.3 Å². The van der Waals surface area contributed by atoms with Gasteiger partial charge in [0.25, 0.3) is 0 Å². The Morgan fingerprint density at radius 1 is 1.60 bits per heavy atom. The summed E-state index contributed by atoms with van der Waals surface area (Å²) in [5.41, 5.74) is 0. The molecule has 6 heteroatoms. The zero-order chi connectivity index (χ0) is 11.4. The van der Waals surface area contributed by atoms with E-state index in [1.54, 1.807) is 6.92 Å². The number of aliphatic hydroxyl groups excluding tert-OH is 2. The van der Waals surface area contributed by atoms with Crippen LogP contribution in [0.1, 0.15) is 13.3 Å². The number of hydrogen-bond donors (Lipinski definition) is 2. The lowest BCUT2D eigenvalue weighted by Crippen LogP contribution is -2.51. The van der Waals surface area contributed by atoms with Gasteiger partial charge in [0.1, 0.15) is 18.8 Å². The van der Waals surface area contributed by atoms with Crippen molar-refractivity contribution in [2.45, 2.75) is 31.7 Å². The molecule has 1 heterocycles. The largest absolute Gasteiger partial charge is 0.462 e. The van der Waals surface area contributed by atoms with E-state index in [9.17, 15) is 14.7 Å². The second kappa shape index (κ2) is 5.20. The number of carbonyl (C=O) groups is 2. The molecule has 0 spiro atoms. The maximum atomic E-state index is 11.3. The highest BCUT2D eigenvalue weighted by atomic mass is 16.6. The van der Waals surface area contributed by atoms with Gasteiger partial charge in [0.05, 0.1) is 6.61 Å². The Balaban J connectivity index is 2.43. The van der Waals surface area contributed by atoms with Crippen LogP contribution in [-0.2, 0) is 19.1 Å². The maximum Gasteiger partial charge on any atom is 0.305 e. The summed E-state index contributed by atoms with van der Waals surface area (Å²) >= 11 is 0. The number of ketones is 1. The quantitative estimate of drug-likeness (QED) is 0.568. The van der Waals surface area contributed by atoms with Crippen LogP contribution in [0.15, 0.2) is 0 Å². The molecule has 0 amide bonds. The highest BCUT2D eigenvalue weighted by Crippen LogP contribution is 2.11. The first-order valence-electron chi connectivity index (χ1n) is 4.73. The van der Waals surface area contributed by atoms with Crippen LogP contribution in [0.5, 0.6) is 0 Å². The van der Waals surface area contributed by atoms with Crippen molar-refractivity contribution in [1.29, 1.82) is 0 Å². The Morgan fingerprint density at radius 2 is 2.27 bits per heavy atom. The Morgan fingerprint density at radius 3 is 2.87 bits per heavy atom. The molecule has 0 bridgehead atoms. The van der Waals surface area contributed by atoms with Crippen LogP contribution in [-0.4, -0.2) is 53.5 Å². The zero-order valence-electron chi connectivity index (χ0n) is 8.38. The number of Topliss-reactive ketones (excluding diaryl/α,β-unsaturated/α-hetero) is 1. The fourth-order valence-corrected chi connectivity index (χ4v) is 1.17. The highest BCUT2D eigenvalue weighted by molar-refractivity contribution is 5.88. The van der Waals surface area contributed by atoms with Crippen molar-refractivity contribution in [3.05, 3.63) is 0 Å². The number of rotatable bonds is 3. The molecule has 1 aliphatic rings. The van der Waals surface area contributed by atoms with Gasteiger partial charge in [-0.1, -0.05) is 6.92 Å². The van der Waals surface area contributed by atoms with Gasteiger partial charge >= 0.3 is 5.97 Å². The molecule has 6 nitrogen and oxygen atoms in total. The van der Waals surface area contributed by atoms with Crippen LogP contribution < -0.4 is 0 Å². The molecule has 3 atom stereocenters. The summed E-state index contributed by atoms with van der Waals surface area (Å²) in [5.74, 6) is -1.09. The fraction of sp³-hybridized carbons (Fsp3) is 0.778. The number of carbonyl (C=O) groups excluding carboxylic acids is 2. The predicted molar refractivity (Wildman–Crippen MR) is 48.0 cm³/mol. The summed E-state index contributed by atoms with van der Waals surface area (Å²) in [4.78, 5) is 22.1. The Kier molecular flexibility index (Phi) is 4.19. The molecule has 3 unspecified atom stereocenters. The number of aliphatic hydroxyl groups is 2. The molecule has 1 fully saturated rings. The summed E-state index contributed by atoms with van der Waals surface area (Å²) < 4.78 is 9.64. The van der Waals surface area contributed by atoms with E-state index >= 15 is 0 Å². The van der Waals surface area contributed by atoms with Gasteiger partial charge in [0.2, 0.25) is 0 Å². The lowest BCUT2D eigenvalue weighted by Gasteiger charge is -2.28. The first-order valence-corrected chi connectivity index (χ1v) is 4.73. The lowest BCUT2D eigenvalue weighted by atomic mass is 10.0. The third kappa shape index (κ3) is 2.98. The van der Waals surface area contributed by atoms with Crippen LogP contribution in [0.2, 0.25) is 0 Å². The topological polar surface area (TPSA) is 93.1 Å². The van der Waals surface area contributed by atoms with Crippen LogP contribution in [0.25, 0.3) is 0 Å². The first-order chi connectivity index (χ1) is 7.06. The minimum Gasteiger partial charge on any atom is -0.462 e. The molecule has 2 N–H and O–H groups in total. The lowest BCUT2D eigenvalue weighted by molar-refractivity contribution is -0.172. The number of esters is 1. The van der Waals surface area contributed by atoms with Crippen molar-refractivity contribution in [3.63, 3.8) is 0 Å². The molecule has 0 saturated carbocycles. The van der Waals surface area contributed by atoms with Gasteiger partial charge in [-0.05, 0) is 0 Å². The monoisotopic (exact) mass is 218 g/mol. The van der Waals surface area contributed by atoms with Gasteiger partial charge in [0, 0.05) is 6.42 Å². The molecular weight excluding hydrogens is 204 g/mol. The second-order valence-corrected chi connectivity index (χ2v) is 3.27. The molecule has 86 valence electrons. The van der Waals surface area contributed by atoms with Gasteiger partial charge in [-0.3, -0.25) is 9.59 Å². The SMILES string of the molecule is CCC(=O)OCC1OCC(O)C(O)C1=O. The summed E-state index contributed by atoms with van der Waals surface area (Å²) in [6.07, 6.45) is -3.41. The van der Waals surface area contributed by atoms with E-state index < -0.39 is 30.1 Å². The molecule has 0 aromatic rings. The highest BCUT2D eigenvalue weighted by Gasteiger charge is 2.37. The van der Waals surface area contributed by atoms with E-state index in [1.165, 1.54) is 0 Å². The van der Waals surface area contributed by atoms with E-state index in [4.69, 9.17) is 14.6 Å².